The van der Waals surface area contributed by atoms with Gasteiger partial charge in [-0.3, -0.25) is 0 Å². The molecule has 0 bridgehead atoms. The number of aliphatic hydroxyl groups excluding tert-OH is 1. The molecule has 0 aliphatic heterocycles. The summed E-state index contributed by atoms with van der Waals surface area (Å²) in [5, 5.41) is 9.94. The van der Waals surface area contributed by atoms with Gasteiger partial charge in [-0.15, -0.1) is 0 Å². The predicted octanol–water partition coefficient (Wildman–Crippen LogP) is 3.02. The molecule has 0 aliphatic rings. The van der Waals surface area contributed by atoms with Crippen LogP contribution in [0, 0.1) is 0 Å². The summed E-state index contributed by atoms with van der Waals surface area (Å²) < 4.78 is 10.2. The van der Waals surface area contributed by atoms with Crippen LogP contribution in [0.3, 0.4) is 0 Å². The second-order valence-corrected chi connectivity index (χ2v) is 4.57. The first-order chi connectivity index (χ1) is 8.88. The van der Waals surface area contributed by atoms with Crippen molar-refractivity contribution in [3.05, 3.63) is 40.4 Å². The van der Waals surface area contributed by atoms with Crippen molar-refractivity contribution in [3.63, 3.8) is 0 Å². The fraction of sp³-hybridized carbons (Fsp3) is 0.357. The fourth-order valence-electron chi connectivity index (χ4n) is 1.53. The van der Waals surface area contributed by atoms with E-state index in [1.54, 1.807) is 26.0 Å². The van der Waals surface area contributed by atoms with Gasteiger partial charge in [-0.2, -0.15) is 0 Å². The lowest BCUT2D eigenvalue weighted by Gasteiger charge is -2.15. The van der Waals surface area contributed by atoms with Crippen LogP contribution in [0.1, 0.15) is 31.1 Å². The zero-order valence-corrected chi connectivity index (χ0v) is 12.0. The lowest BCUT2D eigenvalue weighted by atomic mass is 10.1. The van der Waals surface area contributed by atoms with E-state index < -0.39 is 12.1 Å². The molecule has 0 aliphatic carbocycles. The normalized spacial score (nSPS) is 11.8. The number of aliphatic hydroxyl groups is 1. The molecule has 0 spiro atoms. The van der Waals surface area contributed by atoms with E-state index in [-0.39, 0.29) is 6.61 Å². The number of carbonyl (C=O) groups excluding carboxylic acids is 1. The van der Waals surface area contributed by atoms with Gasteiger partial charge in [0.2, 0.25) is 0 Å². The van der Waals surface area contributed by atoms with E-state index in [4.69, 9.17) is 21.1 Å². The third-order valence-corrected chi connectivity index (χ3v) is 2.98. The molecule has 0 saturated heterocycles. The van der Waals surface area contributed by atoms with Crippen LogP contribution in [0.15, 0.2) is 24.3 Å². The topological polar surface area (TPSA) is 55.8 Å². The van der Waals surface area contributed by atoms with Gasteiger partial charge >= 0.3 is 5.97 Å². The molecule has 0 amide bonds. The maximum Gasteiger partial charge on any atom is 0.333 e. The number of esters is 1. The highest BCUT2D eigenvalue weighted by Gasteiger charge is 2.16. The molecule has 0 fully saturated rings. The Morgan fingerprint density at radius 1 is 1.53 bits per heavy atom. The average Bonchev–Trinajstić information content (AvgIpc) is 2.36. The highest BCUT2D eigenvalue weighted by atomic mass is 35.5. The molecule has 4 nitrogen and oxygen atoms in total. The molecular formula is C14H17ClO4. The van der Waals surface area contributed by atoms with Crippen LogP contribution in [-0.2, 0) is 16.1 Å². The van der Waals surface area contributed by atoms with Crippen molar-refractivity contribution in [2.24, 2.45) is 0 Å². The lowest BCUT2D eigenvalue weighted by molar-refractivity contribution is -0.140. The minimum absolute atomic E-state index is 0.0287. The second-order valence-electron chi connectivity index (χ2n) is 4.19. The number of benzene rings is 1. The highest BCUT2D eigenvalue weighted by Crippen LogP contribution is 2.35. The molecule has 0 heterocycles. The van der Waals surface area contributed by atoms with Crippen LogP contribution in [-0.4, -0.2) is 18.2 Å². The minimum atomic E-state index is -0.695. The van der Waals surface area contributed by atoms with Gasteiger partial charge in [-0.1, -0.05) is 30.3 Å². The van der Waals surface area contributed by atoms with Crippen molar-refractivity contribution < 1.29 is 19.4 Å². The zero-order valence-electron chi connectivity index (χ0n) is 11.2. The largest absolute Gasteiger partial charge is 0.495 e. The summed E-state index contributed by atoms with van der Waals surface area (Å²) in [6.07, 6.45) is -0.695. The number of hydrogen-bond acceptors (Lipinski definition) is 4. The van der Waals surface area contributed by atoms with E-state index in [1.807, 2.05) is 0 Å². The van der Waals surface area contributed by atoms with Crippen LogP contribution < -0.4 is 4.74 Å². The van der Waals surface area contributed by atoms with Gasteiger partial charge in [0, 0.05) is 16.7 Å². The maximum atomic E-state index is 11.3. The van der Waals surface area contributed by atoms with E-state index in [9.17, 15) is 9.90 Å². The summed E-state index contributed by atoms with van der Waals surface area (Å²) >= 11 is 6.17. The molecular weight excluding hydrogens is 268 g/mol. The summed E-state index contributed by atoms with van der Waals surface area (Å²) in [6.45, 7) is 6.71. The maximum absolute atomic E-state index is 11.3. The summed E-state index contributed by atoms with van der Waals surface area (Å²) in [5.41, 5.74) is 1.52. The molecule has 1 N–H and O–H groups in total. The molecule has 0 aromatic heterocycles. The summed E-state index contributed by atoms with van der Waals surface area (Å²) in [7, 11) is 1.47. The van der Waals surface area contributed by atoms with Crippen LogP contribution in [0.2, 0.25) is 5.02 Å². The van der Waals surface area contributed by atoms with E-state index in [1.165, 1.54) is 7.11 Å². The Kier molecular flexibility index (Phi) is 5.39. The number of ether oxygens (including phenoxy) is 2. The summed E-state index contributed by atoms with van der Waals surface area (Å²) in [5.74, 6) is -0.0878. The first-order valence-corrected chi connectivity index (χ1v) is 6.12. The van der Waals surface area contributed by atoms with Crippen molar-refractivity contribution in [1.29, 1.82) is 0 Å². The predicted molar refractivity (Wildman–Crippen MR) is 73.2 cm³/mol. The fourth-order valence-corrected chi connectivity index (χ4v) is 1.83. The van der Waals surface area contributed by atoms with Gasteiger partial charge < -0.3 is 14.6 Å². The summed E-state index contributed by atoms with van der Waals surface area (Å²) in [4.78, 5) is 11.3. The molecule has 1 atom stereocenters. The molecule has 1 aromatic rings. The number of rotatable bonds is 5. The second kappa shape index (κ2) is 6.59. The third-order valence-electron chi connectivity index (χ3n) is 2.57. The number of hydrogen-bond donors (Lipinski definition) is 1. The summed E-state index contributed by atoms with van der Waals surface area (Å²) in [6, 6.07) is 3.39. The van der Waals surface area contributed by atoms with Crippen molar-refractivity contribution >= 4 is 17.6 Å². The smallest absolute Gasteiger partial charge is 0.333 e. The Hall–Kier alpha value is -1.52. The van der Waals surface area contributed by atoms with Crippen molar-refractivity contribution in [2.75, 3.05) is 7.11 Å². The van der Waals surface area contributed by atoms with Gasteiger partial charge in [0.1, 0.15) is 12.4 Å². The van der Waals surface area contributed by atoms with Crippen LogP contribution in [0.5, 0.6) is 5.75 Å². The van der Waals surface area contributed by atoms with E-state index in [0.29, 0.717) is 27.5 Å². The Morgan fingerprint density at radius 3 is 2.63 bits per heavy atom. The molecule has 0 radical (unpaired) electrons. The molecule has 19 heavy (non-hydrogen) atoms. The first-order valence-electron chi connectivity index (χ1n) is 5.74. The first kappa shape index (κ1) is 15.5. The number of halogens is 1. The Balaban J connectivity index is 2.98. The molecule has 5 heteroatoms. The Bertz CT molecular complexity index is 494. The van der Waals surface area contributed by atoms with Crippen LogP contribution >= 0.6 is 11.6 Å². The Morgan fingerprint density at radius 2 is 2.16 bits per heavy atom. The van der Waals surface area contributed by atoms with Gasteiger partial charge in [-0.05, 0) is 13.8 Å². The van der Waals surface area contributed by atoms with Crippen molar-refractivity contribution in [1.82, 2.24) is 0 Å². The molecule has 1 aromatic carbocycles. The van der Waals surface area contributed by atoms with Gasteiger partial charge in [0.15, 0.2) is 0 Å². The average molecular weight is 285 g/mol. The van der Waals surface area contributed by atoms with E-state index in [0.717, 1.165) is 0 Å². The standard InChI is InChI=1S/C14H17ClO4/c1-8(2)14(17)19-7-10-5-6-11(9(3)16)13(18-4)12(10)15/h5-6,9,16H,1,7H2,2-4H3. The molecule has 1 unspecified atom stereocenters. The van der Waals surface area contributed by atoms with Crippen molar-refractivity contribution in [2.45, 2.75) is 26.6 Å². The third kappa shape index (κ3) is 3.72. The SMILES string of the molecule is C=C(C)C(=O)OCc1ccc(C(C)O)c(OC)c1Cl. The van der Waals surface area contributed by atoms with Gasteiger partial charge in [0.25, 0.3) is 0 Å². The molecule has 0 saturated carbocycles. The van der Waals surface area contributed by atoms with Gasteiger partial charge in [-0.25, -0.2) is 4.79 Å². The van der Waals surface area contributed by atoms with Crippen LogP contribution in [0.4, 0.5) is 0 Å². The Labute approximate surface area is 117 Å². The number of methoxy groups -OCH3 is 1. The zero-order chi connectivity index (χ0) is 14.6. The quantitative estimate of drug-likeness (QED) is 0.667. The monoisotopic (exact) mass is 284 g/mol. The van der Waals surface area contributed by atoms with Crippen LogP contribution in [0.25, 0.3) is 0 Å². The molecule has 1 rings (SSSR count). The lowest BCUT2D eigenvalue weighted by Crippen LogP contribution is -2.06. The van der Waals surface area contributed by atoms with E-state index >= 15 is 0 Å². The highest BCUT2D eigenvalue weighted by molar-refractivity contribution is 6.33. The van der Waals surface area contributed by atoms with E-state index in [2.05, 4.69) is 6.58 Å². The van der Waals surface area contributed by atoms with Gasteiger partial charge in [0.05, 0.1) is 18.2 Å². The molecule has 104 valence electrons. The number of carbonyl (C=O) groups is 1. The minimum Gasteiger partial charge on any atom is -0.495 e. The van der Waals surface area contributed by atoms with Crippen molar-refractivity contribution in [3.8, 4) is 5.75 Å².